The fourth-order valence-corrected chi connectivity index (χ4v) is 4.01. The molecule has 0 aliphatic carbocycles. The van der Waals surface area contributed by atoms with Gasteiger partial charge in [-0.05, 0) is 70.2 Å². The minimum Gasteiger partial charge on any atom is -0.311 e. The van der Waals surface area contributed by atoms with Gasteiger partial charge < -0.3 is 10.2 Å². The molecule has 1 aromatic rings. The van der Waals surface area contributed by atoms with Crippen molar-refractivity contribution in [3.05, 3.63) is 35.4 Å². The Labute approximate surface area is 123 Å². The lowest BCUT2D eigenvalue weighted by atomic mass is 9.95. The van der Waals surface area contributed by atoms with Gasteiger partial charge in [0.2, 0.25) is 0 Å². The number of aryl methyl sites for hydroxylation is 1. The van der Waals surface area contributed by atoms with E-state index in [1.807, 2.05) is 0 Å². The van der Waals surface area contributed by atoms with E-state index < -0.39 is 0 Å². The van der Waals surface area contributed by atoms with Gasteiger partial charge in [0.1, 0.15) is 0 Å². The highest BCUT2D eigenvalue weighted by Crippen LogP contribution is 2.27. The third kappa shape index (κ3) is 3.24. The number of hydrogen-bond acceptors (Lipinski definition) is 2. The molecule has 2 heterocycles. The number of piperidine rings is 1. The molecular weight excluding hydrogens is 244 g/mol. The average molecular weight is 272 g/mol. The van der Waals surface area contributed by atoms with Gasteiger partial charge in [0.05, 0.1) is 0 Å². The van der Waals surface area contributed by atoms with E-state index >= 15 is 0 Å². The second kappa shape index (κ2) is 6.28. The molecule has 0 spiro atoms. The van der Waals surface area contributed by atoms with Crippen molar-refractivity contribution in [2.45, 2.75) is 64.1 Å². The van der Waals surface area contributed by atoms with Gasteiger partial charge in [-0.1, -0.05) is 24.3 Å². The second-order valence-electron chi connectivity index (χ2n) is 6.75. The van der Waals surface area contributed by atoms with Crippen LogP contribution in [-0.2, 0) is 6.42 Å². The number of fused-ring (bicyclic) bond motifs is 1. The summed E-state index contributed by atoms with van der Waals surface area (Å²) in [6, 6.07) is 11.0. The molecule has 20 heavy (non-hydrogen) atoms. The molecule has 110 valence electrons. The number of nitrogens with one attached hydrogen (secondary N) is 1. The number of hydrogen-bond donors (Lipinski definition) is 1. The highest BCUT2D eigenvalue weighted by Gasteiger charge is 2.31. The highest BCUT2D eigenvalue weighted by atomic mass is 15.2. The molecular formula is C18H28N2. The molecule has 3 rings (SSSR count). The van der Waals surface area contributed by atoms with Crippen LogP contribution in [0.15, 0.2) is 24.3 Å². The molecule has 2 nitrogen and oxygen atoms in total. The molecule has 0 bridgehead atoms. The topological polar surface area (TPSA) is 15.3 Å². The van der Waals surface area contributed by atoms with Crippen LogP contribution in [0, 0.1) is 6.92 Å². The molecule has 0 radical (unpaired) electrons. The van der Waals surface area contributed by atoms with Gasteiger partial charge in [0.25, 0.3) is 0 Å². The van der Waals surface area contributed by atoms with Gasteiger partial charge >= 0.3 is 0 Å². The summed E-state index contributed by atoms with van der Waals surface area (Å²) in [5.74, 6) is 0. The summed E-state index contributed by atoms with van der Waals surface area (Å²) >= 11 is 0. The monoisotopic (exact) mass is 272 g/mol. The van der Waals surface area contributed by atoms with E-state index in [4.69, 9.17) is 0 Å². The van der Waals surface area contributed by atoms with Crippen molar-refractivity contribution in [3.8, 4) is 0 Å². The largest absolute Gasteiger partial charge is 0.311 e. The van der Waals surface area contributed by atoms with Crippen molar-refractivity contribution in [2.75, 3.05) is 13.1 Å². The molecule has 2 heteroatoms. The molecule has 1 aromatic carbocycles. The van der Waals surface area contributed by atoms with E-state index in [2.05, 4.69) is 48.3 Å². The summed E-state index contributed by atoms with van der Waals surface area (Å²) < 4.78 is 0. The van der Waals surface area contributed by atoms with Gasteiger partial charge in [0.15, 0.2) is 0 Å². The Morgan fingerprint density at radius 2 is 2.10 bits per heavy atom. The fraction of sp³-hybridized carbons (Fsp3) is 0.667. The Hall–Kier alpha value is -0.860. The van der Waals surface area contributed by atoms with Gasteiger partial charge in [-0.2, -0.15) is 0 Å². The fourth-order valence-electron chi connectivity index (χ4n) is 4.01. The van der Waals surface area contributed by atoms with Crippen LogP contribution in [0.1, 0.15) is 43.7 Å². The van der Waals surface area contributed by atoms with Crippen LogP contribution in [0.25, 0.3) is 0 Å². The van der Waals surface area contributed by atoms with Crippen LogP contribution in [0.4, 0.5) is 0 Å². The average Bonchev–Trinajstić information content (AvgIpc) is 2.89. The molecule has 3 atom stereocenters. The summed E-state index contributed by atoms with van der Waals surface area (Å²) in [5, 5.41) is 3.88. The molecule has 2 aliphatic rings. The maximum atomic E-state index is 3.88. The first-order valence-corrected chi connectivity index (χ1v) is 8.27. The molecule has 0 amide bonds. The van der Waals surface area contributed by atoms with Crippen molar-refractivity contribution >= 4 is 0 Å². The minimum atomic E-state index is 0.578. The van der Waals surface area contributed by atoms with E-state index in [1.54, 1.807) is 0 Å². The van der Waals surface area contributed by atoms with Crippen molar-refractivity contribution in [1.29, 1.82) is 0 Å². The van der Waals surface area contributed by atoms with E-state index in [9.17, 15) is 0 Å². The van der Waals surface area contributed by atoms with Crippen molar-refractivity contribution < 1.29 is 0 Å². The summed E-state index contributed by atoms with van der Waals surface area (Å²) in [7, 11) is 0. The lowest BCUT2D eigenvalue weighted by molar-refractivity contribution is 0.162. The van der Waals surface area contributed by atoms with Gasteiger partial charge in [-0.25, -0.2) is 0 Å². The van der Waals surface area contributed by atoms with E-state index in [1.165, 1.54) is 49.9 Å². The summed E-state index contributed by atoms with van der Waals surface area (Å²) in [6.07, 6.45) is 6.67. The third-order valence-corrected chi connectivity index (χ3v) is 5.13. The number of nitrogens with zero attached hydrogens (tertiary/aromatic N) is 1. The predicted octanol–water partition coefficient (Wildman–Crippen LogP) is 3.14. The van der Waals surface area contributed by atoms with Gasteiger partial charge in [0, 0.05) is 18.1 Å². The molecule has 2 fully saturated rings. The van der Waals surface area contributed by atoms with Crippen molar-refractivity contribution in [2.24, 2.45) is 0 Å². The maximum absolute atomic E-state index is 3.88. The highest BCUT2D eigenvalue weighted by molar-refractivity contribution is 5.26. The van der Waals surface area contributed by atoms with Crippen molar-refractivity contribution in [1.82, 2.24) is 10.2 Å². The standard InChI is InChI=1S/C18H28N2/c1-14-6-3-4-7-16(14)12-15(2)19-17-9-11-20-10-5-8-18(20)13-17/h3-4,6-7,15,17-19H,5,8-13H2,1-2H3. The number of benzene rings is 1. The van der Waals surface area contributed by atoms with E-state index in [0.29, 0.717) is 6.04 Å². The summed E-state index contributed by atoms with van der Waals surface area (Å²) in [6.45, 7) is 7.21. The molecule has 3 unspecified atom stereocenters. The Morgan fingerprint density at radius 3 is 2.95 bits per heavy atom. The Bertz CT molecular complexity index is 443. The van der Waals surface area contributed by atoms with Crippen LogP contribution < -0.4 is 5.32 Å². The van der Waals surface area contributed by atoms with Crippen LogP contribution in [0.3, 0.4) is 0 Å². The second-order valence-corrected chi connectivity index (χ2v) is 6.75. The minimum absolute atomic E-state index is 0.578. The quantitative estimate of drug-likeness (QED) is 0.906. The normalized spacial score (nSPS) is 28.3. The smallest absolute Gasteiger partial charge is 0.0111 e. The van der Waals surface area contributed by atoms with Crippen molar-refractivity contribution in [3.63, 3.8) is 0 Å². The summed E-state index contributed by atoms with van der Waals surface area (Å²) in [5.41, 5.74) is 2.91. The van der Waals surface area contributed by atoms with Crippen LogP contribution in [0.5, 0.6) is 0 Å². The zero-order valence-electron chi connectivity index (χ0n) is 12.9. The van der Waals surface area contributed by atoms with Crippen LogP contribution in [-0.4, -0.2) is 36.1 Å². The summed E-state index contributed by atoms with van der Waals surface area (Å²) in [4.78, 5) is 2.70. The zero-order valence-corrected chi connectivity index (χ0v) is 12.9. The number of rotatable bonds is 4. The van der Waals surface area contributed by atoms with E-state index in [-0.39, 0.29) is 0 Å². The first-order valence-electron chi connectivity index (χ1n) is 8.27. The molecule has 0 aromatic heterocycles. The predicted molar refractivity (Wildman–Crippen MR) is 85.1 cm³/mol. The molecule has 2 aliphatic heterocycles. The first-order chi connectivity index (χ1) is 9.72. The van der Waals surface area contributed by atoms with Gasteiger partial charge in [-0.15, -0.1) is 0 Å². The maximum Gasteiger partial charge on any atom is 0.0111 e. The van der Waals surface area contributed by atoms with Gasteiger partial charge in [-0.3, -0.25) is 0 Å². The van der Waals surface area contributed by atoms with Crippen LogP contribution in [0.2, 0.25) is 0 Å². The lowest BCUT2D eigenvalue weighted by Gasteiger charge is -2.36. The molecule has 0 saturated carbocycles. The van der Waals surface area contributed by atoms with E-state index in [0.717, 1.165) is 18.5 Å². The Balaban J connectivity index is 1.51. The zero-order chi connectivity index (χ0) is 13.9. The Kier molecular flexibility index (Phi) is 4.42. The lowest BCUT2D eigenvalue weighted by Crippen LogP contribution is -2.48. The third-order valence-electron chi connectivity index (χ3n) is 5.13. The SMILES string of the molecule is Cc1ccccc1CC(C)NC1CCN2CCCC2C1. The molecule has 1 N–H and O–H groups in total. The Morgan fingerprint density at radius 1 is 1.25 bits per heavy atom. The first kappa shape index (κ1) is 14.1. The van der Waals surface area contributed by atoms with Crippen LogP contribution >= 0.6 is 0 Å². The molecule has 2 saturated heterocycles.